The molecule has 2 aromatic carbocycles. The Balaban J connectivity index is 1.60. The number of amides is 1. The Kier molecular flexibility index (Phi) is 5.34. The number of nitrogens with one attached hydrogen (secondary N) is 1. The highest BCUT2D eigenvalue weighted by molar-refractivity contribution is 7.14. The number of nitriles is 1. The summed E-state index contributed by atoms with van der Waals surface area (Å²) >= 11 is 1.15. The van der Waals surface area contributed by atoms with Crippen LogP contribution in [0.5, 0.6) is 0 Å². The lowest BCUT2D eigenvalue weighted by molar-refractivity contribution is -0.116. The highest BCUT2D eigenvalue weighted by atomic mass is 32.1. The van der Waals surface area contributed by atoms with Crippen LogP contribution in [0.3, 0.4) is 0 Å². The first-order valence-electron chi connectivity index (χ1n) is 7.75. The molecule has 0 aliphatic heterocycles. The minimum absolute atomic E-state index is 0.0549. The van der Waals surface area contributed by atoms with E-state index in [1.807, 2.05) is 6.07 Å². The molecule has 1 N–H and O–H groups in total. The lowest BCUT2D eigenvalue weighted by atomic mass is 10.1. The average molecular weight is 369 g/mol. The molecule has 0 spiro atoms. The zero-order chi connectivity index (χ0) is 18.5. The standard InChI is InChI=1S/C19H13F2N3OS/c20-14-6-7-16(21)15(9-14)17-11-26-19(23-17)24-18(25)8-5-12-1-3-13(10-22)4-2-12/h1-4,6-7,9,11H,5,8H2,(H,23,24,25). The molecule has 1 heterocycles. The fourth-order valence-corrected chi connectivity index (χ4v) is 3.06. The van der Waals surface area contributed by atoms with Crippen LogP contribution in [-0.2, 0) is 11.2 Å². The van der Waals surface area contributed by atoms with Crippen molar-refractivity contribution in [3.05, 3.63) is 70.6 Å². The molecule has 7 heteroatoms. The van der Waals surface area contributed by atoms with Crippen molar-refractivity contribution in [1.82, 2.24) is 4.98 Å². The summed E-state index contributed by atoms with van der Waals surface area (Å²) < 4.78 is 27.1. The van der Waals surface area contributed by atoms with Gasteiger partial charge in [0.05, 0.1) is 17.3 Å². The summed E-state index contributed by atoms with van der Waals surface area (Å²) in [6.07, 6.45) is 0.767. The van der Waals surface area contributed by atoms with E-state index in [1.54, 1.807) is 29.6 Å². The van der Waals surface area contributed by atoms with Gasteiger partial charge in [-0.25, -0.2) is 13.8 Å². The minimum Gasteiger partial charge on any atom is -0.302 e. The normalized spacial score (nSPS) is 10.3. The third-order valence-electron chi connectivity index (χ3n) is 3.68. The highest BCUT2D eigenvalue weighted by Crippen LogP contribution is 2.27. The highest BCUT2D eigenvalue weighted by Gasteiger charge is 2.12. The molecule has 26 heavy (non-hydrogen) atoms. The molecule has 0 radical (unpaired) electrons. The first-order chi connectivity index (χ1) is 12.5. The molecule has 0 saturated heterocycles. The van der Waals surface area contributed by atoms with Gasteiger partial charge in [0.25, 0.3) is 0 Å². The average Bonchev–Trinajstić information content (AvgIpc) is 3.10. The predicted molar refractivity (Wildman–Crippen MR) is 95.6 cm³/mol. The summed E-state index contributed by atoms with van der Waals surface area (Å²) in [5, 5.41) is 13.3. The number of aromatic nitrogens is 1. The second kappa shape index (κ2) is 7.85. The molecule has 0 bridgehead atoms. The Labute approximate surface area is 152 Å². The Bertz CT molecular complexity index is 977. The summed E-state index contributed by atoms with van der Waals surface area (Å²) in [6.45, 7) is 0. The predicted octanol–water partition coefficient (Wildman–Crippen LogP) is 4.53. The van der Waals surface area contributed by atoms with Gasteiger partial charge in [0.2, 0.25) is 5.91 Å². The molecule has 1 amide bonds. The number of carbonyl (C=O) groups excluding carboxylic acids is 1. The van der Waals surface area contributed by atoms with Crippen molar-refractivity contribution >= 4 is 22.4 Å². The maximum Gasteiger partial charge on any atom is 0.226 e. The van der Waals surface area contributed by atoms with Crippen molar-refractivity contribution in [1.29, 1.82) is 5.26 Å². The molecule has 0 aliphatic carbocycles. The van der Waals surface area contributed by atoms with E-state index in [1.165, 1.54) is 0 Å². The summed E-state index contributed by atoms with van der Waals surface area (Å²) in [6, 6.07) is 12.2. The van der Waals surface area contributed by atoms with E-state index in [0.29, 0.717) is 17.1 Å². The van der Waals surface area contributed by atoms with Gasteiger partial charge >= 0.3 is 0 Å². The number of carbonyl (C=O) groups is 1. The molecular weight excluding hydrogens is 356 g/mol. The molecule has 0 unspecified atom stereocenters. The molecule has 3 aromatic rings. The van der Waals surface area contributed by atoms with Crippen LogP contribution < -0.4 is 5.32 Å². The molecule has 0 saturated carbocycles. The zero-order valence-corrected chi connectivity index (χ0v) is 14.3. The molecule has 130 valence electrons. The lowest BCUT2D eigenvalue weighted by Gasteiger charge is -2.03. The number of anilines is 1. The van der Waals surface area contributed by atoms with E-state index in [-0.39, 0.29) is 23.6 Å². The SMILES string of the molecule is N#Cc1ccc(CCC(=O)Nc2nc(-c3cc(F)ccc3F)cs2)cc1. The first-order valence-corrected chi connectivity index (χ1v) is 8.63. The van der Waals surface area contributed by atoms with Crippen molar-refractivity contribution in [3.8, 4) is 17.3 Å². The number of benzene rings is 2. The van der Waals surface area contributed by atoms with Crippen molar-refractivity contribution < 1.29 is 13.6 Å². The third kappa shape index (κ3) is 4.29. The Morgan fingerprint density at radius 1 is 1.19 bits per heavy atom. The number of halogens is 2. The molecule has 0 aliphatic rings. The van der Waals surface area contributed by atoms with Crippen LogP contribution in [0.15, 0.2) is 47.8 Å². The van der Waals surface area contributed by atoms with Crippen LogP contribution in [0, 0.1) is 23.0 Å². The van der Waals surface area contributed by atoms with E-state index in [2.05, 4.69) is 10.3 Å². The second-order valence-corrected chi connectivity index (χ2v) is 6.38. The smallest absolute Gasteiger partial charge is 0.226 e. The van der Waals surface area contributed by atoms with Crippen LogP contribution in [0.25, 0.3) is 11.3 Å². The quantitative estimate of drug-likeness (QED) is 0.718. The van der Waals surface area contributed by atoms with E-state index >= 15 is 0 Å². The van der Waals surface area contributed by atoms with Gasteiger partial charge in [-0.05, 0) is 42.3 Å². The van der Waals surface area contributed by atoms with Crippen molar-refractivity contribution in [2.75, 3.05) is 5.32 Å². The van der Waals surface area contributed by atoms with Crippen molar-refractivity contribution in [2.45, 2.75) is 12.8 Å². The van der Waals surface area contributed by atoms with Crippen LogP contribution in [0.2, 0.25) is 0 Å². The Morgan fingerprint density at radius 2 is 1.96 bits per heavy atom. The molecule has 1 aromatic heterocycles. The summed E-state index contributed by atoms with van der Waals surface area (Å²) in [5.74, 6) is -1.35. The van der Waals surface area contributed by atoms with Gasteiger partial charge < -0.3 is 5.32 Å². The number of nitrogens with zero attached hydrogens (tertiary/aromatic N) is 2. The van der Waals surface area contributed by atoms with Gasteiger partial charge in [0, 0.05) is 17.4 Å². The van der Waals surface area contributed by atoms with Gasteiger partial charge in [-0.2, -0.15) is 5.26 Å². The number of hydrogen-bond acceptors (Lipinski definition) is 4. The van der Waals surface area contributed by atoms with Crippen LogP contribution in [0.4, 0.5) is 13.9 Å². The fraction of sp³-hybridized carbons (Fsp3) is 0.105. The van der Waals surface area contributed by atoms with Crippen LogP contribution in [0.1, 0.15) is 17.5 Å². The first kappa shape index (κ1) is 17.7. The Morgan fingerprint density at radius 3 is 2.69 bits per heavy atom. The van der Waals surface area contributed by atoms with Crippen molar-refractivity contribution in [2.24, 2.45) is 0 Å². The van der Waals surface area contributed by atoms with Gasteiger partial charge in [-0.3, -0.25) is 4.79 Å². The topological polar surface area (TPSA) is 65.8 Å². The largest absolute Gasteiger partial charge is 0.302 e. The van der Waals surface area contributed by atoms with Crippen molar-refractivity contribution in [3.63, 3.8) is 0 Å². The summed E-state index contributed by atoms with van der Waals surface area (Å²) in [4.78, 5) is 16.2. The Hall–Kier alpha value is -3.11. The molecule has 0 atom stereocenters. The second-order valence-electron chi connectivity index (χ2n) is 5.52. The zero-order valence-electron chi connectivity index (χ0n) is 13.5. The molecule has 3 rings (SSSR count). The van der Waals surface area contributed by atoms with E-state index in [0.717, 1.165) is 35.1 Å². The van der Waals surface area contributed by atoms with Gasteiger partial charge in [0.1, 0.15) is 11.6 Å². The van der Waals surface area contributed by atoms with E-state index in [9.17, 15) is 13.6 Å². The van der Waals surface area contributed by atoms with E-state index in [4.69, 9.17) is 5.26 Å². The van der Waals surface area contributed by atoms with E-state index < -0.39 is 11.6 Å². The van der Waals surface area contributed by atoms with Crippen LogP contribution >= 0.6 is 11.3 Å². The summed E-state index contributed by atoms with van der Waals surface area (Å²) in [7, 11) is 0. The van der Waals surface area contributed by atoms with Crippen LogP contribution in [-0.4, -0.2) is 10.9 Å². The molecule has 0 fully saturated rings. The molecular formula is C19H13F2N3OS. The lowest BCUT2D eigenvalue weighted by Crippen LogP contribution is -2.12. The third-order valence-corrected chi connectivity index (χ3v) is 4.44. The number of aryl methyl sites for hydroxylation is 1. The van der Waals surface area contributed by atoms with Gasteiger partial charge in [-0.15, -0.1) is 11.3 Å². The fourth-order valence-electron chi connectivity index (χ4n) is 2.33. The maximum absolute atomic E-state index is 13.8. The maximum atomic E-state index is 13.8. The summed E-state index contributed by atoms with van der Waals surface area (Å²) in [5.41, 5.74) is 1.84. The number of rotatable bonds is 5. The monoisotopic (exact) mass is 369 g/mol. The minimum atomic E-state index is -0.574. The molecule has 4 nitrogen and oxygen atoms in total. The number of hydrogen-bond donors (Lipinski definition) is 1. The van der Waals surface area contributed by atoms with Gasteiger partial charge in [-0.1, -0.05) is 12.1 Å². The number of thiazole rings is 1. The van der Waals surface area contributed by atoms with Gasteiger partial charge in [0.15, 0.2) is 5.13 Å².